The van der Waals surface area contributed by atoms with Gasteiger partial charge in [0.25, 0.3) is 0 Å². The highest BCUT2D eigenvalue weighted by molar-refractivity contribution is 6.32. The van der Waals surface area contributed by atoms with Gasteiger partial charge in [-0.3, -0.25) is 0 Å². The normalized spacial score (nSPS) is 23.3. The molecule has 0 atom stereocenters. The highest BCUT2D eigenvalue weighted by Gasteiger charge is 2.36. The summed E-state index contributed by atoms with van der Waals surface area (Å²) in [6, 6.07) is 5.93. The van der Waals surface area contributed by atoms with Crippen molar-refractivity contribution in [2.24, 2.45) is 11.1 Å². The number of ether oxygens (including phenoxy) is 2. The molecule has 1 saturated carbocycles. The molecule has 0 aromatic heterocycles. The Balaban J connectivity index is 1.69. The molecule has 2 N–H and O–H groups in total. The molecule has 0 bridgehead atoms. The van der Waals surface area contributed by atoms with Crippen molar-refractivity contribution in [1.82, 2.24) is 0 Å². The lowest BCUT2D eigenvalue weighted by molar-refractivity contribution is -0.120. The van der Waals surface area contributed by atoms with Gasteiger partial charge in [-0.2, -0.15) is 0 Å². The summed E-state index contributed by atoms with van der Waals surface area (Å²) in [6.07, 6.45) is 3.28. The molecule has 1 aromatic carbocycles. The van der Waals surface area contributed by atoms with Crippen LogP contribution in [0.4, 0.5) is 0 Å². The molecule has 0 spiro atoms. The van der Waals surface area contributed by atoms with Crippen LogP contribution in [0.3, 0.4) is 0 Å². The molecule has 4 heteroatoms. The predicted octanol–water partition coefficient (Wildman–Crippen LogP) is 3.09. The minimum absolute atomic E-state index is 0.130. The molecular formula is C15H20ClNO2. The maximum absolute atomic E-state index is 6.30. The van der Waals surface area contributed by atoms with Crippen molar-refractivity contribution in [1.29, 1.82) is 0 Å². The molecule has 0 amide bonds. The van der Waals surface area contributed by atoms with E-state index in [0.717, 1.165) is 37.4 Å². The van der Waals surface area contributed by atoms with Crippen LogP contribution >= 0.6 is 11.6 Å². The summed E-state index contributed by atoms with van der Waals surface area (Å²) in [7, 11) is 0. The van der Waals surface area contributed by atoms with Gasteiger partial charge in [-0.25, -0.2) is 0 Å². The summed E-state index contributed by atoms with van der Waals surface area (Å²) in [5.41, 5.74) is 7.38. The lowest BCUT2D eigenvalue weighted by atomic mass is 9.73. The van der Waals surface area contributed by atoms with E-state index < -0.39 is 0 Å². The highest BCUT2D eigenvalue weighted by atomic mass is 35.5. The minimum atomic E-state index is -0.171. The zero-order valence-electron chi connectivity index (χ0n) is 11.2. The lowest BCUT2D eigenvalue weighted by Crippen LogP contribution is -2.44. The number of hydrogen-bond donors (Lipinski definition) is 1. The SMILES string of the molecule is CC1(COc2ccc(C3(N)CCC3)cc2Cl)COC1. The van der Waals surface area contributed by atoms with Crippen molar-refractivity contribution in [2.45, 2.75) is 31.7 Å². The van der Waals surface area contributed by atoms with Crippen LogP contribution in [0.5, 0.6) is 5.75 Å². The van der Waals surface area contributed by atoms with Crippen LogP contribution in [0.2, 0.25) is 5.02 Å². The molecule has 104 valence electrons. The second-order valence-electron chi connectivity index (χ2n) is 6.25. The first-order valence-electron chi connectivity index (χ1n) is 6.80. The number of rotatable bonds is 4. The molecule has 3 rings (SSSR count). The van der Waals surface area contributed by atoms with Crippen LogP contribution in [-0.2, 0) is 10.3 Å². The zero-order chi connectivity index (χ0) is 13.5. The van der Waals surface area contributed by atoms with Gasteiger partial charge in [0.15, 0.2) is 0 Å². The molecule has 0 radical (unpaired) electrons. The third-order valence-electron chi connectivity index (χ3n) is 4.23. The van der Waals surface area contributed by atoms with Gasteiger partial charge in [0.05, 0.1) is 24.8 Å². The second kappa shape index (κ2) is 4.65. The van der Waals surface area contributed by atoms with Crippen LogP contribution in [0.25, 0.3) is 0 Å². The fourth-order valence-electron chi connectivity index (χ4n) is 2.56. The molecule has 2 fully saturated rings. The van der Waals surface area contributed by atoms with E-state index in [1.807, 2.05) is 18.2 Å². The zero-order valence-corrected chi connectivity index (χ0v) is 12.0. The Kier molecular flexibility index (Phi) is 3.24. The molecule has 2 aliphatic rings. The van der Waals surface area contributed by atoms with Gasteiger partial charge in [0.2, 0.25) is 0 Å². The Morgan fingerprint density at radius 1 is 1.37 bits per heavy atom. The van der Waals surface area contributed by atoms with E-state index in [0.29, 0.717) is 11.6 Å². The van der Waals surface area contributed by atoms with Crippen molar-refractivity contribution in [2.75, 3.05) is 19.8 Å². The Hall–Kier alpha value is -0.770. The molecule has 19 heavy (non-hydrogen) atoms. The average Bonchev–Trinajstić information content (AvgIpc) is 2.32. The van der Waals surface area contributed by atoms with E-state index in [-0.39, 0.29) is 11.0 Å². The van der Waals surface area contributed by atoms with Crippen molar-refractivity contribution in [3.05, 3.63) is 28.8 Å². The summed E-state index contributed by atoms with van der Waals surface area (Å²) >= 11 is 6.29. The van der Waals surface area contributed by atoms with Gasteiger partial charge in [-0.1, -0.05) is 24.6 Å². The van der Waals surface area contributed by atoms with E-state index in [4.69, 9.17) is 26.8 Å². The predicted molar refractivity (Wildman–Crippen MR) is 75.6 cm³/mol. The van der Waals surface area contributed by atoms with Crippen molar-refractivity contribution in [3.8, 4) is 5.75 Å². The number of halogens is 1. The van der Waals surface area contributed by atoms with Gasteiger partial charge in [-0.05, 0) is 37.0 Å². The fourth-order valence-corrected chi connectivity index (χ4v) is 2.79. The van der Waals surface area contributed by atoms with Gasteiger partial charge in [0.1, 0.15) is 5.75 Å². The molecule has 1 saturated heterocycles. The third kappa shape index (κ3) is 2.47. The number of hydrogen-bond acceptors (Lipinski definition) is 3. The Labute approximate surface area is 119 Å². The van der Waals surface area contributed by atoms with Gasteiger partial charge in [-0.15, -0.1) is 0 Å². The van der Waals surface area contributed by atoms with E-state index >= 15 is 0 Å². The summed E-state index contributed by atoms with van der Waals surface area (Å²) in [5.74, 6) is 0.737. The first-order valence-corrected chi connectivity index (χ1v) is 7.18. The monoisotopic (exact) mass is 281 g/mol. The van der Waals surface area contributed by atoms with E-state index in [2.05, 4.69) is 6.92 Å². The van der Waals surface area contributed by atoms with Crippen LogP contribution < -0.4 is 10.5 Å². The first kappa shape index (κ1) is 13.2. The smallest absolute Gasteiger partial charge is 0.137 e. The minimum Gasteiger partial charge on any atom is -0.491 e. The number of nitrogens with two attached hydrogens (primary N) is 1. The van der Waals surface area contributed by atoms with Crippen LogP contribution in [-0.4, -0.2) is 19.8 Å². The molecule has 1 aliphatic carbocycles. The molecule has 3 nitrogen and oxygen atoms in total. The summed E-state index contributed by atoms with van der Waals surface area (Å²) in [6.45, 7) is 4.31. The first-order chi connectivity index (χ1) is 9.01. The molecule has 1 aromatic rings. The topological polar surface area (TPSA) is 44.5 Å². The van der Waals surface area contributed by atoms with E-state index in [1.165, 1.54) is 6.42 Å². The highest BCUT2D eigenvalue weighted by Crippen LogP contribution is 2.41. The van der Waals surface area contributed by atoms with Crippen molar-refractivity contribution >= 4 is 11.6 Å². The van der Waals surface area contributed by atoms with Gasteiger partial charge >= 0.3 is 0 Å². The Morgan fingerprint density at radius 2 is 2.11 bits per heavy atom. The van der Waals surface area contributed by atoms with Crippen LogP contribution in [0, 0.1) is 5.41 Å². The quantitative estimate of drug-likeness (QED) is 0.922. The molecule has 0 unspecified atom stereocenters. The maximum atomic E-state index is 6.30. The van der Waals surface area contributed by atoms with Gasteiger partial charge in [0, 0.05) is 11.0 Å². The number of benzene rings is 1. The lowest BCUT2D eigenvalue weighted by Gasteiger charge is -2.39. The largest absolute Gasteiger partial charge is 0.491 e. The fraction of sp³-hybridized carbons (Fsp3) is 0.600. The Bertz CT molecular complexity index is 481. The summed E-state index contributed by atoms with van der Waals surface area (Å²) < 4.78 is 11.0. The third-order valence-corrected chi connectivity index (χ3v) is 4.53. The summed E-state index contributed by atoms with van der Waals surface area (Å²) in [4.78, 5) is 0. The van der Waals surface area contributed by atoms with Crippen molar-refractivity contribution in [3.63, 3.8) is 0 Å². The van der Waals surface area contributed by atoms with Crippen molar-refractivity contribution < 1.29 is 9.47 Å². The Morgan fingerprint density at radius 3 is 2.58 bits per heavy atom. The maximum Gasteiger partial charge on any atom is 0.137 e. The van der Waals surface area contributed by atoms with Gasteiger partial charge < -0.3 is 15.2 Å². The second-order valence-corrected chi connectivity index (χ2v) is 6.65. The van der Waals surface area contributed by atoms with E-state index in [9.17, 15) is 0 Å². The average molecular weight is 282 g/mol. The van der Waals surface area contributed by atoms with E-state index in [1.54, 1.807) is 0 Å². The molecular weight excluding hydrogens is 262 g/mol. The molecule has 1 aliphatic heterocycles. The van der Waals surface area contributed by atoms with Crippen LogP contribution in [0.15, 0.2) is 18.2 Å². The summed E-state index contributed by atoms with van der Waals surface area (Å²) in [5, 5.41) is 0.651. The standard InChI is InChI=1S/C15H20ClNO2/c1-14(8-18-9-14)10-19-13-4-3-11(7-12(13)16)15(17)5-2-6-15/h3-4,7H,2,5-6,8-10,17H2,1H3. The molecule has 1 heterocycles. The van der Waals surface area contributed by atoms with Crippen LogP contribution in [0.1, 0.15) is 31.7 Å².